The third kappa shape index (κ3) is 2.18. The van der Waals surface area contributed by atoms with Crippen molar-refractivity contribution in [3.8, 4) is 0 Å². The number of nitrogens with zero attached hydrogens (tertiary/aromatic N) is 2. The molecule has 4 heteroatoms. The first-order valence-corrected chi connectivity index (χ1v) is 3.24. The van der Waals surface area contributed by atoms with Crippen LogP contribution in [-0.2, 0) is 0 Å². The maximum absolute atomic E-state index is 4.20. The maximum atomic E-state index is 4.20. The minimum atomic E-state index is 0. The van der Waals surface area contributed by atoms with Gasteiger partial charge in [0.05, 0.1) is 13.1 Å². The molecule has 0 N–H and O–H groups in total. The molecular weight excluding hydrogens is 200 g/mol. The van der Waals surface area contributed by atoms with Gasteiger partial charge in [-0.2, -0.15) is 0 Å². The molecule has 0 aromatic rings. The Morgan fingerprint density at radius 1 is 1.78 bits per heavy atom. The van der Waals surface area contributed by atoms with Crippen LogP contribution in [0.15, 0.2) is 4.99 Å². The zero-order chi connectivity index (χ0) is 5.98. The van der Waals surface area contributed by atoms with Gasteiger partial charge in [-0.3, -0.25) is 4.99 Å². The average Bonchev–Trinajstić information content (AvgIpc) is 2.14. The van der Waals surface area contributed by atoms with Gasteiger partial charge in [-0.25, -0.2) is 0 Å². The summed E-state index contributed by atoms with van der Waals surface area (Å²) >= 11 is 4.17. The highest BCUT2D eigenvalue weighted by molar-refractivity contribution is 8.93. The molecule has 1 aliphatic rings. The van der Waals surface area contributed by atoms with Crippen LogP contribution in [0.4, 0.5) is 0 Å². The fourth-order valence-electron chi connectivity index (χ4n) is 0.779. The standard InChI is InChI=1S/C5H10N2S.BrH/c1-2-5-6-3-4-7(5)8;/h8H,2-4H2,1H3;1H. The van der Waals surface area contributed by atoms with Gasteiger partial charge in [0.2, 0.25) is 0 Å². The largest absolute Gasteiger partial charge is 0.305 e. The lowest BCUT2D eigenvalue weighted by Gasteiger charge is -2.08. The van der Waals surface area contributed by atoms with Crippen LogP contribution in [0, 0.1) is 0 Å². The van der Waals surface area contributed by atoms with E-state index in [1.807, 2.05) is 4.31 Å². The molecule has 1 rings (SSSR count). The van der Waals surface area contributed by atoms with Gasteiger partial charge < -0.3 is 4.31 Å². The lowest BCUT2D eigenvalue weighted by molar-refractivity contribution is 0.733. The molecule has 0 radical (unpaired) electrons. The van der Waals surface area contributed by atoms with Crippen molar-refractivity contribution >= 4 is 35.6 Å². The molecule has 54 valence electrons. The Morgan fingerprint density at radius 3 is 2.67 bits per heavy atom. The molecule has 0 aromatic carbocycles. The first-order valence-electron chi connectivity index (χ1n) is 2.84. The van der Waals surface area contributed by atoms with Gasteiger partial charge >= 0.3 is 0 Å². The number of amidine groups is 1. The van der Waals surface area contributed by atoms with Crippen molar-refractivity contribution in [2.45, 2.75) is 13.3 Å². The van der Waals surface area contributed by atoms with E-state index in [1.54, 1.807) is 0 Å². The van der Waals surface area contributed by atoms with Gasteiger partial charge in [0.1, 0.15) is 5.84 Å². The number of halogens is 1. The summed E-state index contributed by atoms with van der Waals surface area (Å²) in [5, 5.41) is 0. The van der Waals surface area contributed by atoms with E-state index in [2.05, 4.69) is 24.7 Å². The first kappa shape index (κ1) is 9.30. The molecule has 0 spiro atoms. The van der Waals surface area contributed by atoms with E-state index < -0.39 is 0 Å². The Bertz CT molecular complexity index is 116. The third-order valence-corrected chi connectivity index (χ3v) is 1.65. The smallest absolute Gasteiger partial charge is 0.108 e. The summed E-state index contributed by atoms with van der Waals surface area (Å²) in [6.45, 7) is 3.99. The number of rotatable bonds is 1. The van der Waals surface area contributed by atoms with Crippen LogP contribution in [0.2, 0.25) is 0 Å². The highest BCUT2D eigenvalue weighted by Gasteiger charge is 2.09. The van der Waals surface area contributed by atoms with Crippen molar-refractivity contribution in [3.63, 3.8) is 0 Å². The second-order valence-corrected chi connectivity index (χ2v) is 2.26. The van der Waals surface area contributed by atoms with E-state index in [0.29, 0.717) is 0 Å². The number of hydrogen-bond donors (Lipinski definition) is 1. The van der Waals surface area contributed by atoms with Crippen LogP contribution in [-0.4, -0.2) is 23.2 Å². The fraction of sp³-hybridized carbons (Fsp3) is 0.800. The molecule has 1 heterocycles. The third-order valence-electron chi connectivity index (χ3n) is 1.22. The molecule has 0 saturated heterocycles. The van der Waals surface area contributed by atoms with Crippen LogP contribution < -0.4 is 0 Å². The van der Waals surface area contributed by atoms with Crippen molar-refractivity contribution in [2.75, 3.05) is 13.1 Å². The minimum Gasteiger partial charge on any atom is -0.305 e. The summed E-state index contributed by atoms with van der Waals surface area (Å²) < 4.78 is 1.90. The Morgan fingerprint density at radius 2 is 2.44 bits per heavy atom. The Balaban J connectivity index is 0.000000640. The van der Waals surface area contributed by atoms with E-state index in [1.165, 1.54) is 0 Å². The molecule has 1 aliphatic heterocycles. The molecule has 0 bridgehead atoms. The Hall–Kier alpha value is 0.300. The van der Waals surface area contributed by atoms with E-state index in [0.717, 1.165) is 25.3 Å². The minimum absolute atomic E-state index is 0. The summed E-state index contributed by atoms with van der Waals surface area (Å²) in [5.41, 5.74) is 0. The molecular formula is C5H11BrN2S. The van der Waals surface area contributed by atoms with Crippen molar-refractivity contribution in [1.82, 2.24) is 4.31 Å². The Kier molecular flexibility index (Phi) is 4.31. The van der Waals surface area contributed by atoms with Crippen LogP contribution in [0.5, 0.6) is 0 Å². The number of aliphatic imine (C=N–C) groups is 1. The zero-order valence-corrected chi connectivity index (χ0v) is 7.98. The van der Waals surface area contributed by atoms with E-state index in [9.17, 15) is 0 Å². The van der Waals surface area contributed by atoms with Crippen LogP contribution in [0.1, 0.15) is 13.3 Å². The van der Waals surface area contributed by atoms with Gasteiger partial charge in [-0.1, -0.05) is 19.7 Å². The Labute approximate surface area is 71.7 Å². The second-order valence-electron chi connectivity index (χ2n) is 1.77. The molecule has 0 aromatic heterocycles. The fourth-order valence-corrected chi connectivity index (χ4v) is 1.07. The molecule has 9 heavy (non-hydrogen) atoms. The summed E-state index contributed by atoms with van der Waals surface area (Å²) in [6.07, 6.45) is 1.00. The second kappa shape index (κ2) is 4.17. The predicted octanol–water partition coefficient (Wildman–Crippen LogP) is 1.53. The van der Waals surface area contributed by atoms with Crippen molar-refractivity contribution < 1.29 is 0 Å². The normalized spacial score (nSPS) is 17.1. The topological polar surface area (TPSA) is 15.6 Å². The zero-order valence-electron chi connectivity index (χ0n) is 5.37. The average molecular weight is 211 g/mol. The summed E-state index contributed by atoms with van der Waals surface area (Å²) in [7, 11) is 0. The van der Waals surface area contributed by atoms with Crippen molar-refractivity contribution in [2.24, 2.45) is 4.99 Å². The van der Waals surface area contributed by atoms with Gasteiger partial charge in [-0.05, 0) is 0 Å². The van der Waals surface area contributed by atoms with E-state index in [4.69, 9.17) is 0 Å². The van der Waals surface area contributed by atoms with Crippen LogP contribution in [0.3, 0.4) is 0 Å². The maximum Gasteiger partial charge on any atom is 0.108 e. The van der Waals surface area contributed by atoms with E-state index >= 15 is 0 Å². The molecule has 0 atom stereocenters. The lowest BCUT2D eigenvalue weighted by atomic mass is 10.4. The van der Waals surface area contributed by atoms with Gasteiger partial charge in [-0.15, -0.1) is 17.0 Å². The molecule has 0 saturated carbocycles. The summed E-state index contributed by atoms with van der Waals surface area (Å²) in [5.74, 6) is 1.12. The van der Waals surface area contributed by atoms with Crippen molar-refractivity contribution in [1.29, 1.82) is 0 Å². The molecule has 0 aliphatic carbocycles. The number of hydrogen-bond acceptors (Lipinski definition) is 3. The molecule has 0 amide bonds. The first-order chi connectivity index (χ1) is 3.84. The monoisotopic (exact) mass is 210 g/mol. The quantitative estimate of drug-likeness (QED) is 0.650. The van der Waals surface area contributed by atoms with Gasteiger partial charge in [0, 0.05) is 6.42 Å². The number of thiol groups is 1. The van der Waals surface area contributed by atoms with Crippen molar-refractivity contribution in [3.05, 3.63) is 0 Å². The lowest BCUT2D eigenvalue weighted by Crippen LogP contribution is -2.15. The highest BCUT2D eigenvalue weighted by atomic mass is 79.9. The SMILES string of the molecule is Br.CCC1=NCCN1S. The van der Waals surface area contributed by atoms with Gasteiger partial charge in [0.25, 0.3) is 0 Å². The van der Waals surface area contributed by atoms with Crippen LogP contribution in [0.25, 0.3) is 0 Å². The molecule has 0 unspecified atom stereocenters. The summed E-state index contributed by atoms with van der Waals surface area (Å²) in [6, 6.07) is 0. The molecule has 0 fully saturated rings. The molecule has 2 nitrogen and oxygen atoms in total. The highest BCUT2D eigenvalue weighted by Crippen LogP contribution is 2.05. The predicted molar refractivity (Wildman–Crippen MR) is 48.6 cm³/mol. The van der Waals surface area contributed by atoms with E-state index in [-0.39, 0.29) is 17.0 Å². The van der Waals surface area contributed by atoms with Gasteiger partial charge in [0.15, 0.2) is 0 Å². The summed E-state index contributed by atoms with van der Waals surface area (Å²) in [4.78, 5) is 4.20. The van der Waals surface area contributed by atoms with Crippen LogP contribution >= 0.6 is 29.8 Å².